The Bertz CT molecular complexity index is 635. The number of rotatable bonds is 1. The van der Waals surface area contributed by atoms with Crippen molar-refractivity contribution in [3.8, 4) is 0 Å². The first-order chi connectivity index (χ1) is 8.30. The molecule has 1 aromatic heterocycles. The first-order valence-electron chi connectivity index (χ1n) is 5.40. The first kappa shape index (κ1) is 12.7. The third-order valence-corrected chi connectivity index (χ3v) is 2.99. The van der Waals surface area contributed by atoms with Crippen LogP contribution in [0.3, 0.4) is 0 Å². The summed E-state index contributed by atoms with van der Waals surface area (Å²) in [5.41, 5.74) is 1.19. The highest BCUT2D eigenvalue weighted by Gasteiger charge is 2.23. The topological polar surface area (TPSA) is 68.9 Å². The van der Waals surface area contributed by atoms with E-state index < -0.39 is 4.92 Å². The first-order valence-corrected chi connectivity index (χ1v) is 5.77. The van der Waals surface area contributed by atoms with Crippen molar-refractivity contribution < 1.29 is 4.92 Å². The van der Waals surface area contributed by atoms with Crippen LogP contribution in [0.15, 0.2) is 18.5 Å². The molecule has 0 bridgehead atoms. The van der Waals surface area contributed by atoms with Gasteiger partial charge in [0.2, 0.25) is 0 Å². The molecule has 1 heterocycles. The molecule has 0 fully saturated rings. The third kappa shape index (κ3) is 2.13. The number of fused-ring (bicyclic) bond motifs is 1. The summed E-state index contributed by atoms with van der Waals surface area (Å²) >= 11 is 5.98. The number of nitro benzene ring substituents is 1. The van der Waals surface area contributed by atoms with Gasteiger partial charge in [-0.2, -0.15) is 0 Å². The Kier molecular flexibility index (Phi) is 2.94. The average molecular weight is 266 g/mol. The second kappa shape index (κ2) is 4.17. The molecule has 0 saturated heterocycles. The van der Waals surface area contributed by atoms with Gasteiger partial charge in [-0.25, -0.2) is 9.97 Å². The second-order valence-corrected chi connectivity index (χ2v) is 5.42. The SMILES string of the molecule is CC(C)(C)c1cc([N+](=O)[O-])cc2c(Cl)ncnc12. The molecule has 0 aliphatic rings. The average Bonchev–Trinajstić information content (AvgIpc) is 2.27. The molecule has 2 aromatic rings. The monoisotopic (exact) mass is 265 g/mol. The van der Waals surface area contributed by atoms with Crippen LogP contribution >= 0.6 is 11.6 Å². The number of hydrogen-bond donors (Lipinski definition) is 0. The molecule has 0 spiro atoms. The van der Waals surface area contributed by atoms with Crippen molar-refractivity contribution in [3.63, 3.8) is 0 Å². The lowest BCUT2D eigenvalue weighted by molar-refractivity contribution is -0.384. The molecule has 0 saturated carbocycles. The van der Waals surface area contributed by atoms with Gasteiger partial charge in [-0.15, -0.1) is 0 Å². The molecular weight excluding hydrogens is 254 g/mol. The van der Waals surface area contributed by atoms with Crippen molar-refractivity contribution in [1.29, 1.82) is 0 Å². The minimum atomic E-state index is -0.433. The molecule has 0 N–H and O–H groups in total. The van der Waals surface area contributed by atoms with E-state index in [4.69, 9.17) is 11.6 Å². The van der Waals surface area contributed by atoms with E-state index in [1.807, 2.05) is 20.8 Å². The number of nitrogens with zero attached hydrogens (tertiary/aromatic N) is 3. The smallest absolute Gasteiger partial charge is 0.258 e. The van der Waals surface area contributed by atoms with Crippen molar-refractivity contribution in [2.45, 2.75) is 26.2 Å². The summed E-state index contributed by atoms with van der Waals surface area (Å²) in [6.07, 6.45) is 1.37. The van der Waals surface area contributed by atoms with E-state index in [1.165, 1.54) is 12.4 Å². The predicted octanol–water partition coefficient (Wildman–Crippen LogP) is 3.49. The van der Waals surface area contributed by atoms with E-state index in [0.29, 0.717) is 10.9 Å². The molecule has 0 radical (unpaired) electrons. The number of halogens is 1. The highest BCUT2D eigenvalue weighted by atomic mass is 35.5. The van der Waals surface area contributed by atoms with Crippen LogP contribution in [0.1, 0.15) is 26.3 Å². The Balaban J connectivity index is 2.91. The van der Waals surface area contributed by atoms with Crippen LogP contribution in [0.5, 0.6) is 0 Å². The largest absolute Gasteiger partial charge is 0.270 e. The summed E-state index contributed by atoms with van der Waals surface area (Å²) in [7, 11) is 0. The quantitative estimate of drug-likeness (QED) is 0.450. The Labute approximate surface area is 109 Å². The van der Waals surface area contributed by atoms with Crippen LogP contribution in [-0.4, -0.2) is 14.9 Å². The van der Waals surface area contributed by atoms with Crippen LogP contribution in [0.25, 0.3) is 10.9 Å². The summed E-state index contributed by atoms with van der Waals surface area (Å²) in [6.45, 7) is 5.92. The molecule has 0 aliphatic heterocycles. The fourth-order valence-corrected chi connectivity index (χ4v) is 1.99. The van der Waals surface area contributed by atoms with Gasteiger partial charge in [0.25, 0.3) is 5.69 Å². The van der Waals surface area contributed by atoms with E-state index in [2.05, 4.69) is 9.97 Å². The van der Waals surface area contributed by atoms with Crippen molar-refractivity contribution in [3.05, 3.63) is 39.3 Å². The minimum Gasteiger partial charge on any atom is -0.258 e. The number of hydrogen-bond acceptors (Lipinski definition) is 4. The van der Waals surface area contributed by atoms with E-state index in [0.717, 1.165) is 5.56 Å². The molecule has 18 heavy (non-hydrogen) atoms. The van der Waals surface area contributed by atoms with Crippen molar-refractivity contribution in [2.75, 3.05) is 0 Å². The lowest BCUT2D eigenvalue weighted by Crippen LogP contribution is -2.13. The molecule has 94 valence electrons. The Hall–Kier alpha value is -1.75. The number of non-ortho nitro benzene ring substituents is 1. The van der Waals surface area contributed by atoms with Gasteiger partial charge in [-0.05, 0) is 11.0 Å². The summed E-state index contributed by atoms with van der Waals surface area (Å²) in [6, 6.07) is 2.96. The molecule has 0 amide bonds. The van der Waals surface area contributed by atoms with Gasteiger partial charge in [0.05, 0.1) is 10.4 Å². The maximum atomic E-state index is 11.0. The zero-order valence-electron chi connectivity index (χ0n) is 10.3. The van der Waals surface area contributed by atoms with Gasteiger partial charge in [0.1, 0.15) is 11.5 Å². The lowest BCUT2D eigenvalue weighted by atomic mass is 9.85. The van der Waals surface area contributed by atoms with Gasteiger partial charge < -0.3 is 0 Å². The maximum absolute atomic E-state index is 11.0. The second-order valence-electron chi connectivity index (χ2n) is 5.06. The van der Waals surface area contributed by atoms with Gasteiger partial charge >= 0.3 is 0 Å². The van der Waals surface area contributed by atoms with Crippen molar-refractivity contribution >= 4 is 28.2 Å². The minimum absolute atomic E-state index is 0.00382. The van der Waals surface area contributed by atoms with E-state index in [1.54, 1.807) is 6.07 Å². The zero-order chi connectivity index (χ0) is 13.5. The summed E-state index contributed by atoms with van der Waals surface area (Å²) in [5, 5.41) is 11.7. The third-order valence-electron chi connectivity index (χ3n) is 2.69. The predicted molar refractivity (Wildman–Crippen MR) is 69.9 cm³/mol. The van der Waals surface area contributed by atoms with E-state index in [9.17, 15) is 10.1 Å². The Morgan fingerprint density at radius 3 is 2.50 bits per heavy atom. The number of nitro groups is 1. The lowest BCUT2D eigenvalue weighted by Gasteiger charge is -2.20. The van der Waals surface area contributed by atoms with Crippen molar-refractivity contribution in [1.82, 2.24) is 9.97 Å². The van der Waals surface area contributed by atoms with Crippen LogP contribution < -0.4 is 0 Å². The normalized spacial score (nSPS) is 11.8. The summed E-state index contributed by atoms with van der Waals surface area (Å²) in [4.78, 5) is 18.6. The van der Waals surface area contributed by atoms with Crippen LogP contribution in [0, 0.1) is 10.1 Å². The zero-order valence-corrected chi connectivity index (χ0v) is 11.0. The van der Waals surface area contributed by atoms with Gasteiger partial charge in [0, 0.05) is 17.5 Å². The van der Waals surface area contributed by atoms with Crippen molar-refractivity contribution in [2.24, 2.45) is 0 Å². The summed E-state index contributed by atoms with van der Waals surface area (Å²) < 4.78 is 0. The molecule has 0 atom stereocenters. The van der Waals surface area contributed by atoms with Crippen LogP contribution in [0.2, 0.25) is 5.15 Å². The molecule has 0 aliphatic carbocycles. The van der Waals surface area contributed by atoms with E-state index in [-0.39, 0.29) is 16.3 Å². The Morgan fingerprint density at radius 2 is 1.94 bits per heavy atom. The van der Waals surface area contributed by atoms with Crippen LogP contribution in [-0.2, 0) is 5.41 Å². The summed E-state index contributed by atoms with van der Waals surface area (Å²) in [5.74, 6) is 0. The van der Waals surface area contributed by atoms with E-state index >= 15 is 0 Å². The van der Waals surface area contributed by atoms with Gasteiger partial charge in [-0.1, -0.05) is 32.4 Å². The highest BCUT2D eigenvalue weighted by molar-refractivity contribution is 6.34. The molecule has 2 rings (SSSR count). The molecule has 0 unspecified atom stereocenters. The molecular formula is C12H12ClN3O2. The Morgan fingerprint density at radius 1 is 1.28 bits per heavy atom. The van der Waals surface area contributed by atoms with Crippen LogP contribution in [0.4, 0.5) is 5.69 Å². The highest BCUT2D eigenvalue weighted by Crippen LogP contribution is 2.34. The van der Waals surface area contributed by atoms with Gasteiger partial charge in [-0.3, -0.25) is 10.1 Å². The molecule has 1 aromatic carbocycles. The fourth-order valence-electron chi connectivity index (χ4n) is 1.80. The molecule has 6 heteroatoms. The number of aromatic nitrogens is 2. The standard InChI is InChI=1S/C12H12ClN3O2/c1-12(2,3)9-5-7(16(17)18)4-8-10(9)14-6-15-11(8)13/h4-6H,1-3H3. The molecule has 5 nitrogen and oxygen atoms in total. The maximum Gasteiger partial charge on any atom is 0.270 e. The fraction of sp³-hybridized carbons (Fsp3) is 0.333. The van der Waals surface area contributed by atoms with Gasteiger partial charge in [0.15, 0.2) is 0 Å². The number of benzene rings is 1.